The number of carbonyl (C=O) groups is 1. The first kappa shape index (κ1) is 19.3. The van der Waals surface area contributed by atoms with Crippen LogP contribution in [0.25, 0.3) is 0 Å². The fourth-order valence-corrected chi connectivity index (χ4v) is 4.24. The minimum absolute atomic E-state index is 0.0884. The number of likely N-dealkylation sites (tertiary alicyclic amines) is 1. The van der Waals surface area contributed by atoms with E-state index in [0.717, 1.165) is 12.8 Å². The Labute approximate surface area is 154 Å². The lowest BCUT2D eigenvalue weighted by Crippen LogP contribution is -2.40. The van der Waals surface area contributed by atoms with Gasteiger partial charge in [-0.05, 0) is 37.0 Å². The third-order valence-electron chi connectivity index (χ3n) is 4.85. The van der Waals surface area contributed by atoms with E-state index < -0.39 is 10.0 Å². The molecule has 1 aromatic rings. The lowest BCUT2D eigenvalue weighted by molar-refractivity contribution is -0.0846. The predicted octanol–water partition coefficient (Wildman–Crippen LogP) is 1.25. The molecule has 2 fully saturated rings. The minimum atomic E-state index is -3.71. The van der Waals surface area contributed by atoms with Crippen molar-refractivity contribution in [2.45, 2.75) is 30.8 Å². The Morgan fingerprint density at radius 3 is 2.73 bits per heavy atom. The summed E-state index contributed by atoms with van der Waals surface area (Å²) in [6.45, 7) is 5.12. The van der Waals surface area contributed by atoms with E-state index in [9.17, 15) is 13.2 Å². The van der Waals surface area contributed by atoms with Gasteiger partial charge in [0.15, 0.2) is 0 Å². The molecule has 2 aliphatic rings. The lowest BCUT2D eigenvalue weighted by Gasteiger charge is -2.30. The Hall–Kier alpha value is -1.48. The summed E-state index contributed by atoms with van der Waals surface area (Å²) in [6, 6.07) is 6.21. The number of amides is 1. The van der Waals surface area contributed by atoms with Crippen LogP contribution in [0.15, 0.2) is 29.2 Å². The second kappa shape index (κ2) is 8.47. The van der Waals surface area contributed by atoms with Crippen molar-refractivity contribution in [1.29, 1.82) is 0 Å². The average molecular weight is 382 g/mol. The number of carbonyl (C=O) groups excluding carboxylic acids is 1. The van der Waals surface area contributed by atoms with Crippen LogP contribution in [-0.2, 0) is 19.5 Å². The van der Waals surface area contributed by atoms with Crippen molar-refractivity contribution < 1.29 is 22.7 Å². The van der Waals surface area contributed by atoms with E-state index in [1.165, 1.54) is 12.1 Å². The Balaban J connectivity index is 1.66. The quantitative estimate of drug-likeness (QED) is 0.829. The van der Waals surface area contributed by atoms with Crippen molar-refractivity contribution >= 4 is 15.9 Å². The number of nitrogens with one attached hydrogen (secondary N) is 1. The summed E-state index contributed by atoms with van der Waals surface area (Å²) >= 11 is 0. The SMILES string of the molecule is CC1CCN(C(=O)c2cccc(S(=O)(=O)NCC3COCCO3)c2)CC1. The lowest BCUT2D eigenvalue weighted by atomic mass is 9.98. The van der Waals surface area contributed by atoms with Crippen LogP contribution in [0.5, 0.6) is 0 Å². The van der Waals surface area contributed by atoms with Crippen LogP contribution >= 0.6 is 0 Å². The molecule has 1 atom stereocenters. The van der Waals surface area contributed by atoms with Crippen LogP contribution in [0.2, 0.25) is 0 Å². The highest BCUT2D eigenvalue weighted by atomic mass is 32.2. The Morgan fingerprint density at radius 1 is 1.27 bits per heavy atom. The maximum Gasteiger partial charge on any atom is 0.253 e. The molecule has 7 nitrogen and oxygen atoms in total. The van der Waals surface area contributed by atoms with Crippen molar-refractivity contribution in [2.24, 2.45) is 5.92 Å². The molecule has 0 spiro atoms. The highest BCUT2D eigenvalue weighted by Gasteiger charge is 2.24. The van der Waals surface area contributed by atoms with Gasteiger partial charge in [0, 0.05) is 25.2 Å². The van der Waals surface area contributed by atoms with Gasteiger partial charge in [0.25, 0.3) is 5.91 Å². The molecule has 1 amide bonds. The van der Waals surface area contributed by atoms with Gasteiger partial charge in [0.2, 0.25) is 10.0 Å². The molecule has 1 unspecified atom stereocenters. The van der Waals surface area contributed by atoms with Crippen molar-refractivity contribution in [3.63, 3.8) is 0 Å². The summed E-state index contributed by atoms with van der Waals surface area (Å²) in [5, 5.41) is 0. The van der Waals surface area contributed by atoms with E-state index in [4.69, 9.17) is 9.47 Å². The van der Waals surface area contributed by atoms with Gasteiger partial charge in [-0.2, -0.15) is 0 Å². The van der Waals surface area contributed by atoms with E-state index in [-0.39, 0.29) is 23.5 Å². The summed E-state index contributed by atoms with van der Waals surface area (Å²) in [5.74, 6) is 0.513. The molecule has 0 bridgehead atoms. The van der Waals surface area contributed by atoms with Gasteiger partial charge >= 0.3 is 0 Å². The number of ether oxygens (including phenoxy) is 2. The number of sulfonamides is 1. The first-order valence-corrected chi connectivity index (χ1v) is 10.5. The van der Waals surface area contributed by atoms with Gasteiger partial charge in [0.05, 0.1) is 30.8 Å². The minimum Gasteiger partial charge on any atom is -0.376 e. The molecule has 26 heavy (non-hydrogen) atoms. The molecular weight excluding hydrogens is 356 g/mol. The first-order valence-electron chi connectivity index (χ1n) is 9.04. The molecular formula is C18H26N2O5S. The number of hydrogen-bond acceptors (Lipinski definition) is 5. The number of nitrogens with zero attached hydrogens (tertiary/aromatic N) is 1. The van der Waals surface area contributed by atoms with E-state index >= 15 is 0 Å². The van der Waals surface area contributed by atoms with Crippen molar-refractivity contribution in [1.82, 2.24) is 9.62 Å². The number of rotatable bonds is 5. The molecule has 0 radical (unpaired) electrons. The molecule has 144 valence electrons. The summed E-state index contributed by atoms with van der Waals surface area (Å²) in [5.41, 5.74) is 0.402. The van der Waals surface area contributed by atoms with Crippen molar-refractivity contribution in [2.75, 3.05) is 39.5 Å². The smallest absolute Gasteiger partial charge is 0.253 e. The van der Waals surface area contributed by atoms with Crippen molar-refractivity contribution in [3.8, 4) is 0 Å². The Bertz CT molecular complexity index is 723. The van der Waals surface area contributed by atoms with Gasteiger partial charge in [-0.1, -0.05) is 13.0 Å². The number of hydrogen-bond donors (Lipinski definition) is 1. The van der Waals surface area contributed by atoms with E-state index in [1.807, 2.05) is 0 Å². The number of benzene rings is 1. The van der Waals surface area contributed by atoms with Crippen LogP contribution in [0.4, 0.5) is 0 Å². The van der Waals surface area contributed by atoms with E-state index in [0.29, 0.717) is 44.4 Å². The van der Waals surface area contributed by atoms with Crippen LogP contribution in [0.1, 0.15) is 30.1 Å². The highest BCUT2D eigenvalue weighted by Crippen LogP contribution is 2.19. The molecule has 3 rings (SSSR count). The summed E-state index contributed by atoms with van der Waals surface area (Å²) in [6.07, 6.45) is 1.67. The van der Waals surface area contributed by atoms with Crippen LogP contribution in [0, 0.1) is 5.92 Å². The van der Waals surface area contributed by atoms with Gasteiger partial charge in [-0.15, -0.1) is 0 Å². The Morgan fingerprint density at radius 2 is 2.04 bits per heavy atom. The molecule has 1 N–H and O–H groups in total. The van der Waals surface area contributed by atoms with E-state index in [1.54, 1.807) is 17.0 Å². The fourth-order valence-electron chi connectivity index (χ4n) is 3.13. The first-order chi connectivity index (χ1) is 12.5. The maximum atomic E-state index is 12.7. The largest absolute Gasteiger partial charge is 0.376 e. The fraction of sp³-hybridized carbons (Fsp3) is 0.611. The Kier molecular flexibility index (Phi) is 6.29. The standard InChI is InChI=1S/C18H26N2O5S/c1-14-5-7-20(8-6-14)18(21)15-3-2-4-17(11-15)26(22,23)19-12-16-13-24-9-10-25-16/h2-4,11,14,16,19H,5-10,12-13H2,1H3. The monoisotopic (exact) mass is 382 g/mol. The molecule has 0 aromatic heterocycles. The zero-order valence-electron chi connectivity index (χ0n) is 15.0. The summed E-state index contributed by atoms with van der Waals surface area (Å²) < 4.78 is 38.3. The van der Waals surface area contributed by atoms with Gasteiger partial charge in [-0.25, -0.2) is 13.1 Å². The summed E-state index contributed by atoms with van der Waals surface area (Å²) in [4.78, 5) is 14.6. The van der Waals surface area contributed by atoms with Gasteiger partial charge in [-0.3, -0.25) is 4.79 Å². The topological polar surface area (TPSA) is 84.9 Å². The third kappa shape index (κ3) is 4.82. The predicted molar refractivity (Wildman–Crippen MR) is 96.5 cm³/mol. The molecule has 0 aliphatic carbocycles. The molecule has 0 saturated carbocycles. The van der Waals surface area contributed by atoms with Crippen LogP contribution < -0.4 is 4.72 Å². The van der Waals surface area contributed by atoms with Gasteiger partial charge < -0.3 is 14.4 Å². The molecule has 1 aromatic carbocycles. The molecule has 2 heterocycles. The third-order valence-corrected chi connectivity index (χ3v) is 6.27. The zero-order valence-corrected chi connectivity index (χ0v) is 15.8. The normalized spacial score (nSPS) is 22.3. The number of piperidine rings is 1. The molecule has 8 heteroatoms. The molecule has 2 saturated heterocycles. The van der Waals surface area contributed by atoms with Crippen LogP contribution in [-0.4, -0.2) is 64.8 Å². The van der Waals surface area contributed by atoms with Crippen LogP contribution in [0.3, 0.4) is 0 Å². The zero-order chi connectivity index (χ0) is 18.6. The maximum absolute atomic E-state index is 12.7. The summed E-state index contributed by atoms with van der Waals surface area (Å²) in [7, 11) is -3.71. The second-order valence-electron chi connectivity index (χ2n) is 6.92. The van der Waals surface area contributed by atoms with Gasteiger partial charge in [0.1, 0.15) is 0 Å². The molecule has 2 aliphatic heterocycles. The van der Waals surface area contributed by atoms with Crippen molar-refractivity contribution in [3.05, 3.63) is 29.8 Å². The second-order valence-corrected chi connectivity index (χ2v) is 8.69. The average Bonchev–Trinajstić information content (AvgIpc) is 2.67. The van der Waals surface area contributed by atoms with E-state index in [2.05, 4.69) is 11.6 Å². The highest BCUT2D eigenvalue weighted by molar-refractivity contribution is 7.89.